The van der Waals surface area contributed by atoms with Gasteiger partial charge in [0.15, 0.2) is 11.3 Å². The summed E-state index contributed by atoms with van der Waals surface area (Å²) in [6, 6.07) is 22.2. The maximum absolute atomic E-state index is 12.7. The number of fused-ring (bicyclic) bond motifs is 1. The molecule has 33 heavy (non-hydrogen) atoms. The summed E-state index contributed by atoms with van der Waals surface area (Å²) in [6.07, 6.45) is 0. The molecule has 2 heterocycles. The van der Waals surface area contributed by atoms with Gasteiger partial charge in [0.2, 0.25) is 5.89 Å². The molecule has 0 unspecified atom stereocenters. The van der Waals surface area contributed by atoms with Crippen LogP contribution in [-0.4, -0.2) is 15.8 Å². The summed E-state index contributed by atoms with van der Waals surface area (Å²) < 4.78 is 11.5. The van der Waals surface area contributed by atoms with Gasteiger partial charge in [0.1, 0.15) is 11.3 Å². The molecule has 1 amide bonds. The molecule has 8 heteroatoms. The number of hydrogen-bond donors (Lipinski definition) is 1. The minimum Gasteiger partial charge on any atom is -0.451 e. The number of rotatable bonds is 5. The molecule has 0 fully saturated rings. The van der Waals surface area contributed by atoms with Crippen LogP contribution < -0.4 is 5.32 Å². The van der Waals surface area contributed by atoms with E-state index in [1.807, 2.05) is 31.2 Å². The lowest BCUT2D eigenvalue weighted by Gasteiger charge is -2.03. The molecule has 0 saturated carbocycles. The number of benzene rings is 3. The molecule has 8 nitrogen and oxygen atoms in total. The van der Waals surface area contributed by atoms with Gasteiger partial charge in [-0.3, -0.25) is 14.9 Å². The van der Waals surface area contributed by atoms with Crippen molar-refractivity contribution < 1.29 is 18.6 Å². The van der Waals surface area contributed by atoms with Crippen molar-refractivity contribution in [2.75, 3.05) is 5.32 Å². The lowest BCUT2D eigenvalue weighted by Crippen LogP contribution is -2.10. The van der Waals surface area contributed by atoms with Crippen molar-refractivity contribution in [2.45, 2.75) is 6.92 Å². The summed E-state index contributed by atoms with van der Waals surface area (Å²) >= 11 is 0. The second-order valence-corrected chi connectivity index (χ2v) is 7.41. The van der Waals surface area contributed by atoms with Crippen LogP contribution in [0.25, 0.3) is 33.9 Å². The molecule has 5 aromatic rings. The molecule has 0 spiro atoms. The van der Waals surface area contributed by atoms with Crippen LogP contribution in [0.15, 0.2) is 87.7 Å². The number of nitro benzene ring substituents is 1. The van der Waals surface area contributed by atoms with Gasteiger partial charge in [0.05, 0.1) is 10.5 Å². The van der Waals surface area contributed by atoms with E-state index < -0.39 is 10.8 Å². The first-order valence-corrected chi connectivity index (χ1v) is 10.1. The predicted octanol–water partition coefficient (Wildman–Crippen LogP) is 6.22. The monoisotopic (exact) mass is 439 g/mol. The van der Waals surface area contributed by atoms with E-state index in [4.69, 9.17) is 8.83 Å². The standard InChI is InChI=1S/C25H17N3O5/c1-15-6-2-3-7-17(15)25-27-19-14-16(10-11-22(19)33-25)26-24(29)23-13-12-21(32-23)18-8-4-5-9-20(18)28(30)31/h2-14H,1H3,(H,26,29). The van der Waals surface area contributed by atoms with Crippen LogP contribution in [0.1, 0.15) is 16.1 Å². The average Bonchev–Trinajstić information content (AvgIpc) is 3.46. The highest BCUT2D eigenvalue weighted by Crippen LogP contribution is 2.31. The maximum Gasteiger partial charge on any atom is 0.291 e. The summed E-state index contributed by atoms with van der Waals surface area (Å²) in [6.45, 7) is 1.98. The van der Waals surface area contributed by atoms with Gasteiger partial charge in [0.25, 0.3) is 11.6 Å². The molecule has 0 saturated heterocycles. The molecule has 0 aliphatic rings. The Hall–Kier alpha value is -4.72. The van der Waals surface area contributed by atoms with Crippen LogP contribution in [-0.2, 0) is 0 Å². The Kier molecular flexibility index (Phi) is 4.95. The number of aromatic nitrogens is 1. The first kappa shape index (κ1) is 20.2. The van der Waals surface area contributed by atoms with Gasteiger partial charge in [-0.1, -0.05) is 30.3 Å². The minimum absolute atomic E-state index is 0.0315. The Morgan fingerprint density at radius 3 is 2.48 bits per heavy atom. The van der Waals surface area contributed by atoms with E-state index >= 15 is 0 Å². The van der Waals surface area contributed by atoms with E-state index in [1.165, 1.54) is 18.2 Å². The molecule has 1 N–H and O–H groups in total. The fraction of sp³-hybridized carbons (Fsp3) is 0.0400. The zero-order valence-corrected chi connectivity index (χ0v) is 17.4. The van der Waals surface area contributed by atoms with Crippen LogP contribution in [0.5, 0.6) is 0 Å². The molecule has 162 valence electrons. The number of carbonyl (C=O) groups excluding carboxylic acids is 1. The van der Waals surface area contributed by atoms with Gasteiger partial charge >= 0.3 is 0 Å². The SMILES string of the molecule is Cc1ccccc1-c1nc2cc(NC(=O)c3ccc(-c4ccccc4[N+](=O)[O-])o3)ccc2o1. The fourth-order valence-electron chi connectivity index (χ4n) is 3.57. The third-order valence-corrected chi connectivity index (χ3v) is 5.22. The number of para-hydroxylation sites is 1. The van der Waals surface area contributed by atoms with Crippen molar-refractivity contribution in [1.29, 1.82) is 0 Å². The number of oxazole rings is 1. The van der Waals surface area contributed by atoms with Gasteiger partial charge < -0.3 is 14.2 Å². The molecule has 0 bridgehead atoms. The second-order valence-electron chi connectivity index (χ2n) is 7.41. The number of hydrogen-bond acceptors (Lipinski definition) is 6. The van der Waals surface area contributed by atoms with Crippen molar-refractivity contribution in [3.63, 3.8) is 0 Å². The van der Waals surface area contributed by atoms with Gasteiger partial charge in [0, 0.05) is 17.3 Å². The van der Waals surface area contributed by atoms with E-state index in [0.29, 0.717) is 28.2 Å². The van der Waals surface area contributed by atoms with Gasteiger partial charge in [-0.2, -0.15) is 0 Å². The molecule has 0 aliphatic heterocycles. The maximum atomic E-state index is 12.7. The Morgan fingerprint density at radius 2 is 1.70 bits per heavy atom. The molecule has 0 atom stereocenters. The predicted molar refractivity (Wildman–Crippen MR) is 123 cm³/mol. The highest BCUT2D eigenvalue weighted by Gasteiger charge is 2.19. The smallest absolute Gasteiger partial charge is 0.291 e. The van der Waals surface area contributed by atoms with Crippen LogP contribution in [0.4, 0.5) is 11.4 Å². The van der Waals surface area contributed by atoms with Crippen molar-refractivity contribution in [1.82, 2.24) is 4.98 Å². The molecular formula is C25H17N3O5. The van der Waals surface area contributed by atoms with Crippen molar-refractivity contribution in [3.05, 3.63) is 100 Å². The average molecular weight is 439 g/mol. The first-order valence-electron chi connectivity index (χ1n) is 10.1. The lowest BCUT2D eigenvalue weighted by molar-refractivity contribution is -0.384. The third-order valence-electron chi connectivity index (χ3n) is 5.22. The van der Waals surface area contributed by atoms with Gasteiger partial charge in [-0.25, -0.2) is 4.98 Å². The van der Waals surface area contributed by atoms with Crippen LogP contribution in [0.2, 0.25) is 0 Å². The van der Waals surface area contributed by atoms with E-state index in [0.717, 1.165) is 11.1 Å². The number of amides is 1. The Bertz CT molecular complexity index is 1520. The van der Waals surface area contributed by atoms with Crippen LogP contribution in [0, 0.1) is 17.0 Å². The molecule has 5 rings (SSSR count). The zero-order valence-electron chi connectivity index (χ0n) is 17.4. The number of nitro groups is 1. The van der Waals surface area contributed by atoms with E-state index in [1.54, 1.807) is 36.4 Å². The molecule has 3 aromatic carbocycles. The minimum atomic E-state index is -0.490. The van der Waals surface area contributed by atoms with E-state index in [9.17, 15) is 14.9 Å². The third kappa shape index (κ3) is 3.85. The molecule has 0 aliphatic carbocycles. The summed E-state index contributed by atoms with van der Waals surface area (Å²) in [5, 5.41) is 14.0. The quantitative estimate of drug-likeness (QED) is 0.257. The van der Waals surface area contributed by atoms with Crippen molar-refractivity contribution >= 4 is 28.4 Å². The van der Waals surface area contributed by atoms with Crippen molar-refractivity contribution in [2.24, 2.45) is 0 Å². The topological polar surface area (TPSA) is 111 Å². The number of carbonyl (C=O) groups is 1. The van der Waals surface area contributed by atoms with Gasteiger partial charge in [-0.05, 0) is 55.0 Å². The Morgan fingerprint density at radius 1 is 0.939 bits per heavy atom. The molecule has 0 radical (unpaired) electrons. The van der Waals surface area contributed by atoms with Gasteiger partial charge in [-0.15, -0.1) is 0 Å². The Labute approximate surface area is 187 Å². The van der Waals surface area contributed by atoms with Crippen molar-refractivity contribution in [3.8, 4) is 22.8 Å². The number of anilines is 1. The summed E-state index contributed by atoms with van der Waals surface area (Å²) in [7, 11) is 0. The lowest BCUT2D eigenvalue weighted by atomic mass is 10.1. The number of aryl methyl sites for hydroxylation is 1. The summed E-state index contributed by atoms with van der Waals surface area (Å²) in [5.41, 5.74) is 3.87. The highest BCUT2D eigenvalue weighted by molar-refractivity contribution is 6.03. The molecule has 2 aromatic heterocycles. The fourth-order valence-corrected chi connectivity index (χ4v) is 3.57. The van der Waals surface area contributed by atoms with E-state index in [2.05, 4.69) is 10.3 Å². The van der Waals surface area contributed by atoms with E-state index in [-0.39, 0.29) is 17.2 Å². The Balaban J connectivity index is 1.39. The second kappa shape index (κ2) is 8.08. The normalized spacial score (nSPS) is 10.9. The highest BCUT2D eigenvalue weighted by atomic mass is 16.6. The van der Waals surface area contributed by atoms with Crippen LogP contribution in [0.3, 0.4) is 0 Å². The summed E-state index contributed by atoms with van der Waals surface area (Å²) in [5.74, 6) is 0.291. The largest absolute Gasteiger partial charge is 0.451 e. The number of nitrogens with zero attached hydrogens (tertiary/aromatic N) is 2. The van der Waals surface area contributed by atoms with Crippen LogP contribution >= 0.6 is 0 Å². The number of nitrogens with one attached hydrogen (secondary N) is 1. The summed E-state index contributed by atoms with van der Waals surface area (Å²) in [4.78, 5) is 28.0. The number of furan rings is 1. The first-order chi connectivity index (χ1) is 16.0. The molecular weight excluding hydrogens is 422 g/mol. The zero-order chi connectivity index (χ0) is 22.9.